The fraction of sp³-hybridized carbons (Fsp3) is 0.0870. The van der Waals surface area contributed by atoms with Crippen molar-refractivity contribution in [2.24, 2.45) is 0 Å². The van der Waals surface area contributed by atoms with Crippen molar-refractivity contribution >= 4 is 32.5 Å². The van der Waals surface area contributed by atoms with Crippen LogP contribution in [0.1, 0.15) is 11.1 Å². The number of pyridine rings is 1. The highest BCUT2D eigenvalue weighted by Crippen LogP contribution is 2.26. The fourth-order valence-corrected chi connectivity index (χ4v) is 4.10. The summed E-state index contributed by atoms with van der Waals surface area (Å²) in [5.74, 6) is 0.587. The van der Waals surface area contributed by atoms with E-state index < -0.39 is 0 Å². The molecule has 0 amide bonds. The van der Waals surface area contributed by atoms with Gasteiger partial charge in [0.05, 0.1) is 4.47 Å². The molecule has 2 aromatic carbocycles. The molecule has 0 aliphatic heterocycles. The molecule has 5 nitrogen and oxygen atoms in total. The van der Waals surface area contributed by atoms with Crippen LogP contribution in [-0.4, -0.2) is 14.7 Å². The molecule has 3 aromatic heterocycles. The summed E-state index contributed by atoms with van der Waals surface area (Å²) in [5.41, 5.74) is 10.9. The predicted molar refractivity (Wildman–Crippen MR) is 118 cm³/mol. The summed E-state index contributed by atoms with van der Waals surface area (Å²) in [6.45, 7) is 0. The van der Waals surface area contributed by atoms with Crippen LogP contribution in [0.3, 0.4) is 0 Å². The number of rotatable bonds is 4. The van der Waals surface area contributed by atoms with Gasteiger partial charge in [-0.2, -0.15) is 0 Å². The summed E-state index contributed by atoms with van der Waals surface area (Å²) in [4.78, 5) is 4.09. The van der Waals surface area contributed by atoms with Crippen molar-refractivity contribution in [2.75, 3.05) is 5.73 Å². The Labute approximate surface area is 176 Å². The number of nitrogen functional groups attached to an aromatic ring is 1. The molecule has 5 rings (SSSR count). The quantitative estimate of drug-likeness (QED) is 0.421. The third-order valence-electron chi connectivity index (χ3n) is 5.22. The Balaban J connectivity index is 1.58. The average molecular weight is 445 g/mol. The van der Waals surface area contributed by atoms with E-state index in [0.29, 0.717) is 5.82 Å². The van der Waals surface area contributed by atoms with Crippen LogP contribution in [-0.2, 0) is 12.8 Å². The van der Waals surface area contributed by atoms with Gasteiger partial charge >= 0.3 is 0 Å². The van der Waals surface area contributed by atoms with Crippen LogP contribution in [0.4, 0.5) is 5.82 Å². The first-order chi connectivity index (χ1) is 14.2. The molecule has 142 valence electrons. The number of aromatic nitrogens is 4. The number of fused-ring (bicyclic) bond motifs is 2. The Hall–Kier alpha value is -3.25. The number of anilines is 1. The van der Waals surface area contributed by atoms with E-state index in [9.17, 15) is 0 Å². The van der Waals surface area contributed by atoms with E-state index in [1.807, 2.05) is 35.2 Å². The van der Waals surface area contributed by atoms with Crippen LogP contribution in [0.2, 0.25) is 0 Å². The van der Waals surface area contributed by atoms with E-state index in [0.717, 1.165) is 34.1 Å². The SMILES string of the molecule is Nc1c(Br)c(CCc2ccncc2)c[n+]2c(-c3ccc4ccccc4c3)cnn12. The van der Waals surface area contributed by atoms with Gasteiger partial charge in [0.2, 0.25) is 17.7 Å². The molecule has 0 radical (unpaired) electrons. The van der Waals surface area contributed by atoms with E-state index in [1.165, 1.54) is 16.3 Å². The molecular formula is C23H19BrN5+. The first-order valence-corrected chi connectivity index (χ1v) is 10.2. The topological polar surface area (TPSA) is 60.3 Å². The highest BCUT2D eigenvalue weighted by molar-refractivity contribution is 9.10. The van der Waals surface area contributed by atoms with Gasteiger partial charge in [0.1, 0.15) is 6.20 Å². The lowest BCUT2D eigenvalue weighted by molar-refractivity contribution is -0.611. The van der Waals surface area contributed by atoms with Crippen molar-refractivity contribution in [2.45, 2.75) is 12.8 Å². The minimum absolute atomic E-state index is 0.587. The molecule has 2 N–H and O–H groups in total. The lowest BCUT2D eigenvalue weighted by Crippen LogP contribution is -2.33. The van der Waals surface area contributed by atoms with Crippen LogP contribution in [0.15, 0.2) is 83.9 Å². The van der Waals surface area contributed by atoms with Crippen molar-refractivity contribution in [1.82, 2.24) is 14.7 Å². The molecule has 5 aromatic rings. The first kappa shape index (κ1) is 17.8. The number of hydrogen-bond acceptors (Lipinski definition) is 3. The average Bonchev–Trinajstić information content (AvgIpc) is 3.19. The monoisotopic (exact) mass is 444 g/mol. The van der Waals surface area contributed by atoms with Gasteiger partial charge in [-0.25, -0.2) is 0 Å². The summed E-state index contributed by atoms with van der Waals surface area (Å²) in [6.07, 6.45) is 9.40. The third kappa shape index (κ3) is 3.25. The smallest absolute Gasteiger partial charge is 0.215 e. The number of hydrogen-bond donors (Lipinski definition) is 1. The third-order valence-corrected chi connectivity index (χ3v) is 6.13. The molecule has 0 saturated carbocycles. The van der Waals surface area contributed by atoms with Gasteiger partial charge in [-0.1, -0.05) is 30.3 Å². The molecule has 0 aliphatic rings. The largest absolute Gasteiger partial charge is 0.378 e. The summed E-state index contributed by atoms with van der Waals surface area (Å²) < 4.78 is 4.64. The lowest BCUT2D eigenvalue weighted by Gasteiger charge is -2.07. The van der Waals surface area contributed by atoms with Gasteiger partial charge in [-0.15, -0.1) is 4.52 Å². The fourth-order valence-electron chi connectivity index (χ4n) is 3.64. The standard InChI is InChI=1S/C23H19BrN5/c24-22-20(6-5-16-9-11-26-12-10-16)15-28-21(14-27-29(28)23(22)25)19-8-7-17-3-1-2-4-18(17)13-19/h1-4,7-15H,5-6,25H2/q+1. The Kier molecular flexibility index (Phi) is 4.48. The molecule has 0 bridgehead atoms. The Morgan fingerprint density at radius 3 is 2.59 bits per heavy atom. The summed E-state index contributed by atoms with van der Waals surface area (Å²) >= 11 is 3.66. The van der Waals surface area contributed by atoms with Gasteiger partial charge in [-0.05, 0) is 69.4 Å². The minimum Gasteiger partial charge on any atom is -0.378 e. The molecular weight excluding hydrogens is 426 g/mol. The zero-order valence-corrected chi connectivity index (χ0v) is 17.2. The molecule has 0 spiro atoms. The second-order valence-corrected chi connectivity index (χ2v) is 7.83. The van der Waals surface area contributed by atoms with E-state index in [2.05, 4.69) is 74.7 Å². The number of nitrogens with two attached hydrogens (primary N) is 1. The van der Waals surface area contributed by atoms with Crippen LogP contribution in [0.25, 0.3) is 22.0 Å². The maximum atomic E-state index is 6.39. The maximum absolute atomic E-state index is 6.39. The predicted octanol–water partition coefficient (Wildman–Crippen LogP) is 4.26. The van der Waals surface area contributed by atoms with Crippen LogP contribution < -0.4 is 10.2 Å². The molecule has 3 heterocycles. The van der Waals surface area contributed by atoms with Crippen LogP contribution in [0, 0.1) is 0 Å². The van der Waals surface area contributed by atoms with E-state index in [1.54, 1.807) is 4.63 Å². The molecule has 0 atom stereocenters. The van der Waals surface area contributed by atoms with E-state index in [4.69, 9.17) is 5.73 Å². The van der Waals surface area contributed by atoms with Gasteiger partial charge < -0.3 is 5.73 Å². The second-order valence-electron chi connectivity index (χ2n) is 7.03. The molecule has 6 heteroatoms. The Morgan fingerprint density at radius 1 is 0.966 bits per heavy atom. The summed E-state index contributed by atoms with van der Waals surface area (Å²) in [5, 5.41) is 6.93. The number of halogens is 1. The van der Waals surface area contributed by atoms with E-state index >= 15 is 0 Å². The van der Waals surface area contributed by atoms with Gasteiger partial charge in [0.15, 0.2) is 0 Å². The highest BCUT2D eigenvalue weighted by Gasteiger charge is 2.21. The molecule has 0 unspecified atom stereocenters. The summed E-state index contributed by atoms with van der Waals surface area (Å²) in [6, 6.07) is 18.9. The molecule has 0 fully saturated rings. The van der Waals surface area contributed by atoms with E-state index in [-0.39, 0.29) is 0 Å². The van der Waals surface area contributed by atoms with Gasteiger partial charge in [0, 0.05) is 33.2 Å². The molecule has 29 heavy (non-hydrogen) atoms. The van der Waals surface area contributed by atoms with Crippen LogP contribution in [0.5, 0.6) is 0 Å². The number of nitrogens with zero attached hydrogens (tertiary/aromatic N) is 4. The zero-order valence-electron chi connectivity index (χ0n) is 15.7. The van der Waals surface area contributed by atoms with Crippen LogP contribution >= 0.6 is 15.9 Å². The lowest BCUT2D eigenvalue weighted by atomic mass is 10.1. The molecule has 0 aliphatic carbocycles. The van der Waals surface area contributed by atoms with Crippen molar-refractivity contribution in [3.05, 3.63) is 95.0 Å². The van der Waals surface area contributed by atoms with Crippen molar-refractivity contribution < 1.29 is 4.52 Å². The van der Waals surface area contributed by atoms with Crippen molar-refractivity contribution in [3.8, 4) is 11.3 Å². The highest BCUT2D eigenvalue weighted by atomic mass is 79.9. The Bertz CT molecular complexity index is 1330. The zero-order chi connectivity index (χ0) is 19.8. The summed E-state index contributed by atoms with van der Waals surface area (Å²) in [7, 11) is 0. The normalized spacial score (nSPS) is 11.3. The molecule has 0 saturated heterocycles. The van der Waals surface area contributed by atoms with Gasteiger partial charge in [-0.3, -0.25) is 4.98 Å². The maximum Gasteiger partial charge on any atom is 0.215 e. The minimum atomic E-state index is 0.587. The second kappa shape index (κ2) is 7.29. The van der Waals surface area contributed by atoms with Crippen molar-refractivity contribution in [1.29, 1.82) is 0 Å². The number of aryl methyl sites for hydroxylation is 2. The number of benzene rings is 2. The van der Waals surface area contributed by atoms with Gasteiger partial charge in [0.25, 0.3) is 0 Å². The first-order valence-electron chi connectivity index (χ1n) is 9.45. The Morgan fingerprint density at radius 2 is 1.76 bits per heavy atom. The van der Waals surface area contributed by atoms with Crippen molar-refractivity contribution in [3.63, 3.8) is 0 Å².